The normalized spacial score (nSPS) is 12.4. The first-order chi connectivity index (χ1) is 11.8. The van der Waals surface area contributed by atoms with Crippen LogP contribution in [0, 0.1) is 0 Å². The molecule has 0 bridgehead atoms. The molecular formula is C24H30. The highest BCUT2D eigenvalue weighted by Crippen LogP contribution is 2.30. The standard InChI is InChI=1S/C24H30/c1-3-5-9-17-22(16-6-4-2)24(23-18-12-8-13-19-23)20-21-14-10-7-11-15-21/h7-8,10-15,17-20H,3-6,9,16H2,1-2H3. The first-order valence-corrected chi connectivity index (χ1v) is 9.36. The van der Waals surface area contributed by atoms with Gasteiger partial charge in [-0.3, -0.25) is 0 Å². The van der Waals surface area contributed by atoms with E-state index in [2.05, 4.69) is 86.7 Å². The van der Waals surface area contributed by atoms with Crippen LogP contribution >= 0.6 is 0 Å². The Bertz CT molecular complexity index is 632. The summed E-state index contributed by atoms with van der Waals surface area (Å²) >= 11 is 0. The Hall–Kier alpha value is -2.08. The second-order valence-corrected chi connectivity index (χ2v) is 6.31. The molecule has 0 amide bonds. The fraction of sp³-hybridized carbons (Fsp3) is 0.333. The molecule has 0 unspecified atom stereocenters. The minimum absolute atomic E-state index is 1.16. The predicted octanol–water partition coefficient (Wildman–Crippen LogP) is 7.53. The van der Waals surface area contributed by atoms with Crippen LogP contribution in [0.15, 0.2) is 72.3 Å². The van der Waals surface area contributed by atoms with Gasteiger partial charge < -0.3 is 0 Å². The molecule has 24 heavy (non-hydrogen) atoms. The fourth-order valence-corrected chi connectivity index (χ4v) is 2.89. The van der Waals surface area contributed by atoms with Crippen LogP contribution in [0.5, 0.6) is 0 Å². The van der Waals surface area contributed by atoms with Crippen molar-refractivity contribution in [3.63, 3.8) is 0 Å². The van der Waals surface area contributed by atoms with Gasteiger partial charge in [0, 0.05) is 0 Å². The van der Waals surface area contributed by atoms with Gasteiger partial charge in [0.15, 0.2) is 0 Å². The van der Waals surface area contributed by atoms with E-state index in [0.717, 1.165) is 6.42 Å². The lowest BCUT2D eigenvalue weighted by molar-refractivity contribution is 0.780. The second kappa shape index (κ2) is 10.6. The van der Waals surface area contributed by atoms with Gasteiger partial charge in [-0.2, -0.15) is 0 Å². The zero-order valence-corrected chi connectivity index (χ0v) is 15.2. The number of benzene rings is 2. The van der Waals surface area contributed by atoms with Crippen LogP contribution in [-0.2, 0) is 0 Å². The van der Waals surface area contributed by atoms with E-state index >= 15 is 0 Å². The third-order valence-corrected chi connectivity index (χ3v) is 4.29. The number of rotatable bonds is 9. The van der Waals surface area contributed by atoms with Crippen LogP contribution in [0.3, 0.4) is 0 Å². The minimum atomic E-state index is 1.16. The highest BCUT2D eigenvalue weighted by Gasteiger charge is 2.08. The van der Waals surface area contributed by atoms with Crippen LogP contribution in [0.4, 0.5) is 0 Å². The van der Waals surface area contributed by atoms with Crippen molar-refractivity contribution in [3.05, 3.63) is 83.4 Å². The maximum atomic E-state index is 2.47. The smallest absolute Gasteiger partial charge is 0.0149 e. The van der Waals surface area contributed by atoms with Gasteiger partial charge >= 0.3 is 0 Å². The number of allylic oxidation sites excluding steroid dienone is 3. The fourth-order valence-electron chi connectivity index (χ4n) is 2.89. The van der Waals surface area contributed by atoms with Gasteiger partial charge in [0.2, 0.25) is 0 Å². The van der Waals surface area contributed by atoms with Gasteiger partial charge in [-0.15, -0.1) is 0 Å². The Morgan fingerprint density at radius 1 is 0.792 bits per heavy atom. The van der Waals surface area contributed by atoms with Gasteiger partial charge in [-0.05, 0) is 47.6 Å². The number of hydrogen-bond donors (Lipinski definition) is 0. The van der Waals surface area contributed by atoms with E-state index in [0.29, 0.717) is 0 Å². The third-order valence-electron chi connectivity index (χ3n) is 4.29. The van der Waals surface area contributed by atoms with E-state index < -0.39 is 0 Å². The maximum Gasteiger partial charge on any atom is -0.0149 e. The molecule has 0 aliphatic heterocycles. The molecule has 2 rings (SSSR count). The summed E-state index contributed by atoms with van der Waals surface area (Å²) in [5.74, 6) is 0. The van der Waals surface area contributed by atoms with E-state index in [1.165, 1.54) is 54.4 Å². The van der Waals surface area contributed by atoms with Crippen molar-refractivity contribution >= 4 is 11.6 Å². The zero-order valence-electron chi connectivity index (χ0n) is 15.2. The van der Waals surface area contributed by atoms with Crippen LogP contribution in [0.1, 0.15) is 63.5 Å². The molecule has 0 aliphatic carbocycles. The molecule has 0 radical (unpaired) electrons. The summed E-state index contributed by atoms with van der Waals surface area (Å²) < 4.78 is 0. The summed E-state index contributed by atoms with van der Waals surface area (Å²) in [4.78, 5) is 0. The average Bonchev–Trinajstić information content (AvgIpc) is 2.64. The van der Waals surface area contributed by atoms with Crippen molar-refractivity contribution in [1.82, 2.24) is 0 Å². The van der Waals surface area contributed by atoms with Crippen LogP contribution < -0.4 is 0 Å². The van der Waals surface area contributed by atoms with Gasteiger partial charge in [0.1, 0.15) is 0 Å². The van der Waals surface area contributed by atoms with Crippen molar-refractivity contribution < 1.29 is 0 Å². The number of unbranched alkanes of at least 4 members (excludes halogenated alkanes) is 3. The van der Waals surface area contributed by atoms with Crippen molar-refractivity contribution in [2.45, 2.75) is 52.4 Å². The van der Waals surface area contributed by atoms with Crippen molar-refractivity contribution in [2.24, 2.45) is 0 Å². The first-order valence-electron chi connectivity index (χ1n) is 9.36. The number of hydrogen-bond acceptors (Lipinski definition) is 0. The SMILES string of the molecule is CCCCC=C(CCCC)C(=Cc1ccccc1)c1ccccc1. The molecular weight excluding hydrogens is 288 g/mol. The second-order valence-electron chi connectivity index (χ2n) is 6.31. The molecule has 0 heteroatoms. The largest absolute Gasteiger partial charge is 0.0807 e. The lowest BCUT2D eigenvalue weighted by Crippen LogP contribution is -1.92. The molecule has 0 heterocycles. The molecule has 0 aliphatic rings. The molecule has 0 atom stereocenters. The van der Waals surface area contributed by atoms with E-state index in [-0.39, 0.29) is 0 Å². The van der Waals surface area contributed by atoms with Crippen LogP contribution in [-0.4, -0.2) is 0 Å². The van der Waals surface area contributed by atoms with Gasteiger partial charge in [-0.1, -0.05) is 99.8 Å². The van der Waals surface area contributed by atoms with Crippen molar-refractivity contribution in [3.8, 4) is 0 Å². The lowest BCUT2D eigenvalue weighted by atomic mass is 9.91. The molecule has 0 aromatic heterocycles. The lowest BCUT2D eigenvalue weighted by Gasteiger charge is -2.14. The van der Waals surface area contributed by atoms with E-state index in [4.69, 9.17) is 0 Å². The highest BCUT2D eigenvalue weighted by molar-refractivity contribution is 5.90. The van der Waals surface area contributed by atoms with Gasteiger partial charge in [0.25, 0.3) is 0 Å². The Morgan fingerprint density at radius 2 is 1.42 bits per heavy atom. The Morgan fingerprint density at radius 3 is 2.04 bits per heavy atom. The summed E-state index contributed by atoms with van der Waals surface area (Å²) in [5.41, 5.74) is 5.47. The summed E-state index contributed by atoms with van der Waals surface area (Å²) in [6.07, 6.45) is 12.2. The first kappa shape index (κ1) is 18.3. The molecule has 2 aromatic carbocycles. The quantitative estimate of drug-likeness (QED) is 0.254. The molecule has 0 N–H and O–H groups in total. The Balaban J connectivity index is 2.41. The maximum absolute atomic E-state index is 2.47. The summed E-state index contributed by atoms with van der Waals surface area (Å²) in [5, 5.41) is 0. The highest BCUT2D eigenvalue weighted by atomic mass is 14.1. The average molecular weight is 319 g/mol. The summed E-state index contributed by atoms with van der Waals surface area (Å²) in [7, 11) is 0. The third kappa shape index (κ3) is 5.85. The summed E-state index contributed by atoms with van der Waals surface area (Å²) in [6.45, 7) is 4.53. The molecule has 0 fully saturated rings. The molecule has 0 saturated heterocycles. The molecule has 0 nitrogen and oxygen atoms in total. The van der Waals surface area contributed by atoms with Crippen molar-refractivity contribution in [1.29, 1.82) is 0 Å². The molecule has 2 aromatic rings. The van der Waals surface area contributed by atoms with E-state index in [1.807, 2.05) is 0 Å². The Labute approximate surface area is 147 Å². The van der Waals surface area contributed by atoms with E-state index in [1.54, 1.807) is 0 Å². The summed E-state index contributed by atoms with van der Waals surface area (Å²) in [6, 6.07) is 21.5. The molecule has 0 saturated carbocycles. The van der Waals surface area contributed by atoms with Crippen LogP contribution in [0.2, 0.25) is 0 Å². The van der Waals surface area contributed by atoms with Crippen molar-refractivity contribution in [2.75, 3.05) is 0 Å². The topological polar surface area (TPSA) is 0 Å². The van der Waals surface area contributed by atoms with E-state index in [9.17, 15) is 0 Å². The van der Waals surface area contributed by atoms with Gasteiger partial charge in [-0.25, -0.2) is 0 Å². The Kier molecular flexibility index (Phi) is 8.10. The van der Waals surface area contributed by atoms with Gasteiger partial charge in [0.05, 0.1) is 0 Å². The zero-order chi connectivity index (χ0) is 17.0. The molecule has 0 spiro atoms. The monoisotopic (exact) mass is 318 g/mol. The minimum Gasteiger partial charge on any atom is -0.0807 e. The van der Waals surface area contributed by atoms with Crippen LogP contribution in [0.25, 0.3) is 11.6 Å². The predicted molar refractivity (Wildman–Crippen MR) is 108 cm³/mol. The molecule has 126 valence electrons.